The molecule has 0 saturated carbocycles. The topological polar surface area (TPSA) is 97.1 Å². The molecule has 1 fully saturated rings. The number of hydrogen-bond acceptors (Lipinski definition) is 4. The fraction of sp³-hybridized carbons (Fsp3) is 0.462. The number of nitrogens with two attached hydrogens (primary N) is 1. The van der Waals surface area contributed by atoms with Gasteiger partial charge in [0, 0.05) is 18.8 Å². The molecule has 2 amide bonds. The van der Waals surface area contributed by atoms with E-state index in [1.807, 2.05) is 0 Å². The van der Waals surface area contributed by atoms with Crippen LogP contribution in [0.25, 0.3) is 0 Å². The lowest BCUT2D eigenvalue weighted by molar-refractivity contribution is 0.0908. The molecule has 0 spiro atoms. The molecule has 1 aliphatic rings. The predicted octanol–water partition coefficient (Wildman–Crippen LogP) is 0.330. The van der Waals surface area contributed by atoms with Crippen LogP contribution in [0.15, 0.2) is 18.3 Å². The lowest BCUT2D eigenvalue weighted by Crippen LogP contribution is -2.50. The summed E-state index contributed by atoms with van der Waals surface area (Å²) in [4.78, 5) is 26.9. The number of nitrogens with zero attached hydrogens (tertiary/aromatic N) is 1. The van der Waals surface area contributed by atoms with Gasteiger partial charge in [-0.3, -0.25) is 14.6 Å². The summed E-state index contributed by atoms with van der Waals surface area (Å²) in [5, 5.41) is 6.20. The highest BCUT2D eigenvalue weighted by Crippen LogP contribution is 2.11. The van der Waals surface area contributed by atoms with Crippen molar-refractivity contribution in [3.63, 3.8) is 0 Å². The zero-order valence-corrected chi connectivity index (χ0v) is 12.1. The minimum absolute atomic E-state index is 0. The van der Waals surface area contributed by atoms with E-state index in [1.165, 1.54) is 18.3 Å². The molecule has 1 aromatic heterocycles. The van der Waals surface area contributed by atoms with Gasteiger partial charge in [0.2, 0.25) is 5.91 Å². The molecule has 20 heavy (non-hydrogen) atoms. The van der Waals surface area contributed by atoms with Crippen molar-refractivity contribution in [1.82, 2.24) is 15.6 Å². The monoisotopic (exact) mass is 298 g/mol. The molecule has 2 heterocycles. The number of rotatable bonds is 3. The van der Waals surface area contributed by atoms with Crippen LogP contribution in [0.1, 0.15) is 34.2 Å². The van der Waals surface area contributed by atoms with Crippen LogP contribution >= 0.6 is 12.4 Å². The highest BCUT2D eigenvalue weighted by atomic mass is 35.5. The Morgan fingerprint density at radius 1 is 1.45 bits per heavy atom. The third-order valence-electron chi connectivity index (χ3n) is 3.42. The van der Waals surface area contributed by atoms with E-state index in [-0.39, 0.29) is 24.4 Å². The van der Waals surface area contributed by atoms with Crippen molar-refractivity contribution in [1.29, 1.82) is 0 Å². The molecule has 0 aliphatic carbocycles. The van der Waals surface area contributed by atoms with Crippen LogP contribution in [-0.2, 0) is 0 Å². The van der Waals surface area contributed by atoms with Crippen molar-refractivity contribution in [3.05, 3.63) is 29.6 Å². The number of aromatic nitrogens is 1. The molecular formula is C13H19ClN4O2. The van der Waals surface area contributed by atoms with Gasteiger partial charge in [0.05, 0.1) is 5.56 Å². The minimum Gasteiger partial charge on any atom is -0.366 e. The van der Waals surface area contributed by atoms with Gasteiger partial charge in [-0.2, -0.15) is 0 Å². The van der Waals surface area contributed by atoms with Gasteiger partial charge >= 0.3 is 0 Å². The van der Waals surface area contributed by atoms with E-state index in [2.05, 4.69) is 22.5 Å². The Labute approximate surface area is 123 Å². The number of nitrogens with one attached hydrogen (secondary N) is 2. The Morgan fingerprint density at radius 2 is 2.20 bits per heavy atom. The van der Waals surface area contributed by atoms with E-state index in [0.29, 0.717) is 17.2 Å². The molecule has 1 aliphatic heterocycles. The van der Waals surface area contributed by atoms with Crippen molar-refractivity contribution < 1.29 is 9.59 Å². The highest BCUT2D eigenvalue weighted by molar-refractivity contribution is 5.95. The number of carbonyl (C=O) groups is 2. The molecule has 0 radical (unpaired) electrons. The first kappa shape index (κ1) is 16.4. The molecule has 0 aromatic carbocycles. The molecule has 1 aromatic rings. The molecule has 0 bridgehead atoms. The van der Waals surface area contributed by atoms with Gasteiger partial charge in [-0.15, -0.1) is 12.4 Å². The van der Waals surface area contributed by atoms with Gasteiger partial charge in [-0.25, -0.2) is 0 Å². The third kappa shape index (κ3) is 3.91. The van der Waals surface area contributed by atoms with Crippen molar-refractivity contribution in [2.24, 2.45) is 11.7 Å². The molecule has 6 nitrogen and oxygen atoms in total. The number of primary amides is 1. The fourth-order valence-corrected chi connectivity index (χ4v) is 2.10. The first-order valence-electron chi connectivity index (χ1n) is 6.35. The number of amides is 2. The number of carbonyl (C=O) groups excluding carboxylic acids is 2. The number of hydrogen-bond donors (Lipinski definition) is 3. The molecular weight excluding hydrogens is 280 g/mol. The highest BCUT2D eigenvalue weighted by Gasteiger charge is 2.23. The van der Waals surface area contributed by atoms with E-state index >= 15 is 0 Å². The second-order valence-electron chi connectivity index (χ2n) is 4.85. The number of pyridine rings is 1. The molecule has 4 N–H and O–H groups in total. The second-order valence-corrected chi connectivity index (χ2v) is 4.85. The average Bonchev–Trinajstić information content (AvgIpc) is 2.41. The molecule has 1 saturated heterocycles. The van der Waals surface area contributed by atoms with Crippen LogP contribution in [-0.4, -0.2) is 35.9 Å². The molecule has 2 rings (SSSR count). The summed E-state index contributed by atoms with van der Waals surface area (Å²) < 4.78 is 0. The van der Waals surface area contributed by atoms with Crippen LogP contribution in [0.2, 0.25) is 0 Å². The van der Waals surface area contributed by atoms with Crippen LogP contribution in [0.3, 0.4) is 0 Å². The van der Waals surface area contributed by atoms with Crippen LogP contribution in [0.5, 0.6) is 0 Å². The van der Waals surface area contributed by atoms with Gasteiger partial charge < -0.3 is 16.4 Å². The summed E-state index contributed by atoms with van der Waals surface area (Å²) in [7, 11) is 0. The normalized spacial score (nSPS) is 21.6. The first-order valence-corrected chi connectivity index (χ1v) is 6.35. The standard InChI is InChI=1S/C13H18N4O2.ClH/c1-8-4-5-15-7-11(8)17-13(19)10-3-2-9(6-16-10)12(14)18;/h2-3,6,8,11,15H,4-5,7H2,1H3,(H2,14,18)(H,17,19);1H. The number of piperidine rings is 1. The van der Waals surface area contributed by atoms with E-state index in [0.717, 1.165) is 19.5 Å². The zero-order chi connectivity index (χ0) is 13.8. The summed E-state index contributed by atoms with van der Waals surface area (Å²) in [6.07, 6.45) is 2.36. The maximum absolute atomic E-state index is 12.0. The first-order chi connectivity index (χ1) is 9.08. The Morgan fingerprint density at radius 3 is 2.75 bits per heavy atom. The summed E-state index contributed by atoms with van der Waals surface area (Å²) in [5.74, 6) is -0.337. The van der Waals surface area contributed by atoms with Gasteiger partial charge in [-0.05, 0) is 31.0 Å². The van der Waals surface area contributed by atoms with Crippen molar-refractivity contribution in [3.8, 4) is 0 Å². The van der Waals surface area contributed by atoms with Gasteiger partial charge in [0.25, 0.3) is 5.91 Å². The fourth-order valence-electron chi connectivity index (χ4n) is 2.10. The molecule has 7 heteroatoms. The summed E-state index contributed by atoms with van der Waals surface area (Å²) >= 11 is 0. The SMILES string of the molecule is CC1CCNCC1NC(=O)c1ccc(C(N)=O)cn1.Cl. The quantitative estimate of drug-likeness (QED) is 0.749. The van der Waals surface area contributed by atoms with Crippen LogP contribution in [0.4, 0.5) is 0 Å². The van der Waals surface area contributed by atoms with E-state index in [4.69, 9.17) is 5.73 Å². The predicted molar refractivity (Wildman–Crippen MR) is 77.9 cm³/mol. The minimum atomic E-state index is -0.551. The van der Waals surface area contributed by atoms with Gasteiger partial charge in [-0.1, -0.05) is 6.92 Å². The Balaban J connectivity index is 0.00000200. The third-order valence-corrected chi connectivity index (χ3v) is 3.42. The smallest absolute Gasteiger partial charge is 0.270 e. The van der Waals surface area contributed by atoms with Gasteiger partial charge in [0.1, 0.15) is 5.69 Å². The number of halogens is 1. The Hall–Kier alpha value is -1.66. The average molecular weight is 299 g/mol. The summed E-state index contributed by atoms with van der Waals surface area (Å²) in [6.45, 7) is 3.88. The van der Waals surface area contributed by atoms with Crippen molar-refractivity contribution >= 4 is 24.2 Å². The molecule has 2 atom stereocenters. The largest absolute Gasteiger partial charge is 0.366 e. The zero-order valence-electron chi connectivity index (χ0n) is 11.3. The summed E-state index contributed by atoms with van der Waals surface area (Å²) in [5.41, 5.74) is 5.71. The molecule has 2 unspecified atom stereocenters. The van der Waals surface area contributed by atoms with Crippen molar-refractivity contribution in [2.45, 2.75) is 19.4 Å². The maximum atomic E-state index is 12.0. The van der Waals surface area contributed by atoms with Crippen molar-refractivity contribution in [2.75, 3.05) is 13.1 Å². The van der Waals surface area contributed by atoms with Crippen LogP contribution in [0, 0.1) is 5.92 Å². The lowest BCUT2D eigenvalue weighted by atomic mass is 9.95. The van der Waals surface area contributed by atoms with E-state index in [1.54, 1.807) is 0 Å². The Kier molecular flexibility index (Phi) is 5.91. The van der Waals surface area contributed by atoms with Crippen LogP contribution < -0.4 is 16.4 Å². The Bertz CT molecular complexity index is 478. The van der Waals surface area contributed by atoms with E-state index < -0.39 is 5.91 Å². The van der Waals surface area contributed by atoms with E-state index in [9.17, 15) is 9.59 Å². The van der Waals surface area contributed by atoms with Gasteiger partial charge in [0.15, 0.2) is 0 Å². The maximum Gasteiger partial charge on any atom is 0.270 e. The lowest BCUT2D eigenvalue weighted by Gasteiger charge is -2.30. The molecule has 110 valence electrons. The second kappa shape index (κ2) is 7.21. The summed E-state index contributed by atoms with van der Waals surface area (Å²) in [6, 6.07) is 3.13.